The molecule has 0 radical (unpaired) electrons. The number of hydrogen-bond acceptors (Lipinski definition) is 5. The van der Waals surface area contributed by atoms with Crippen molar-refractivity contribution < 1.29 is 23.9 Å². The lowest BCUT2D eigenvalue weighted by Gasteiger charge is -2.14. The number of nitrogens with zero attached hydrogens (tertiary/aromatic N) is 1. The smallest absolute Gasteiger partial charge is 0.344 e. The molecule has 0 aliphatic carbocycles. The molecule has 1 saturated heterocycles. The maximum Gasteiger partial charge on any atom is 0.344 e. The highest BCUT2D eigenvalue weighted by molar-refractivity contribution is 6.32. The summed E-state index contributed by atoms with van der Waals surface area (Å²) in [5, 5.41) is 2.90. The molecular formula is C24H20N2O5. The van der Waals surface area contributed by atoms with E-state index in [-0.39, 0.29) is 18.8 Å². The van der Waals surface area contributed by atoms with Crippen LogP contribution in [0, 0.1) is 0 Å². The maximum atomic E-state index is 13.0. The first kappa shape index (κ1) is 20.2. The van der Waals surface area contributed by atoms with Crippen molar-refractivity contribution in [3.8, 4) is 5.75 Å². The molecule has 2 amide bonds. The van der Waals surface area contributed by atoms with Crippen molar-refractivity contribution in [2.75, 3.05) is 18.2 Å². The van der Waals surface area contributed by atoms with Crippen LogP contribution in [0.25, 0.3) is 16.8 Å². The van der Waals surface area contributed by atoms with Crippen molar-refractivity contribution in [3.63, 3.8) is 0 Å². The van der Waals surface area contributed by atoms with E-state index in [1.807, 2.05) is 36.4 Å². The number of rotatable bonds is 6. The number of amides is 2. The van der Waals surface area contributed by atoms with E-state index in [2.05, 4.69) is 5.43 Å². The average Bonchev–Trinajstić information content (AvgIpc) is 3.07. The van der Waals surface area contributed by atoms with Gasteiger partial charge in [0.25, 0.3) is 11.8 Å². The van der Waals surface area contributed by atoms with Crippen molar-refractivity contribution in [3.05, 3.63) is 77.9 Å². The molecule has 3 aromatic carbocycles. The van der Waals surface area contributed by atoms with Crippen molar-refractivity contribution in [1.29, 1.82) is 0 Å². The summed E-state index contributed by atoms with van der Waals surface area (Å²) in [5.74, 6) is -1.11. The van der Waals surface area contributed by atoms with Gasteiger partial charge in [-0.25, -0.2) is 9.80 Å². The molecule has 156 valence electrons. The third kappa shape index (κ3) is 4.11. The van der Waals surface area contributed by atoms with Gasteiger partial charge in [-0.05, 0) is 42.0 Å². The number of esters is 1. The van der Waals surface area contributed by atoms with Gasteiger partial charge in [-0.2, -0.15) is 0 Å². The molecule has 4 rings (SSSR count). The predicted molar refractivity (Wildman–Crippen MR) is 116 cm³/mol. The van der Waals surface area contributed by atoms with Gasteiger partial charge in [0.15, 0.2) is 6.61 Å². The first-order chi connectivity index (χ1) is 15.1. The summed E-state index contributed by atoms with van der Waals surface area (Å²) in [5.41, 5.74) is 3.65. The SMILES string of the molecule is CCOC(=O)COc1ccc2ccccc2c1/C=C1/C(=O)NN(c2ccccc2)C1=O. The Labute approximate surface area is 178 Å². The van der Waals surface area contributed by atoms with Gasteiger partial charge in [-0.1, -0.05) is 48.5 Å². The number of nitrogens with one attached hydrogen (secondary N) is 1. The average molecular weight is 416 g/mol. The highest BCUT2D eigenvalue weighted by Crippen LogP contribution is 2.32. The summed E-state index contributed by atoms with van der Waals surface area (Å²) < 4.78 is 10.6. The van der Waals surface area contributed by atoms with E-state index in [0.717, 1.165) is 10.8 Å². The Morgan fingerprint density at radius 3 is 2.52 bits per heavy atom. The molecule has 1 heterocycles. The maximum absolute atomic E-state index is 13.0. The fourth-order valence-electron chi connectivity index (χ4n) is 3.35. The number of fused-ring (bicyclic) bond motifs is 1. The second-order valence-electron chi connectivity index (χ2n) is 6.77. The van der Waals surface area contributed by atoms with Crippen molar-refractivity contribution in [2.24, 2.45) is 0 Å². The summed E-state index contributed by atoms with van der Waals surface area (Å²) in [7, 11) is 0. The Kier molecular flexibility index (Phi) is 5.66. The molecule has 7 nitrogen and oxygen atoms in total. The van der Waals surface area contributed by atoms with Gasteiger partial charge >= 0.3 is 5.97 Å². The molecule has 1 N–H and O–H groups in total. The number of para-hydroxylation sites is 1. The Morgan fingerprint density at radius 1 is 1.00 bits per heavy atom. The number of ether oxygens (including phenoxy) is 2. The monoisotopic (exact) mass is 416 g/mol. The molecule has 31 heavy (non-hydrogen) atoms. The molecule has 3 aromatic rings. The Balaban J connectivity index is 1.74. The van der Waals surface area contributed by atoms with Crippen LogP contribution in [0.1, 0.15) is 12.5 Å². The van der Waals surface area contributed by atoms with Crippen LogP contribution in [0.2, 0.25) is 0 Å². The number of carbonyl (C=O) groups is 3. The topological polar surface area (TPSA) is 84.9 Å². The first-order valence-electron chi connectivity index (χ1n) is 9.81. The second kappa shape index (κ2) is 8.71. The molecule has 0 unspecified atom stereocenters. The zero-order valence-electron chi connectivity index (χ0n) is 16.8. The van der Waals surface area contributed by atoms with E-state index in [1.54, 1.807) is 37.3 Å². The minimum absolute atomic E-state index is 0.0267. The number of anilines is 1. The molecule has 1 aliphatic rings. The summed E-state index contributed by atoms with van der Waals surface area (Å²) in [6.45, 7) is 1.69. The third-order valence-electron chi connectivity index (χ3n) is 4.78. The third-order valence-corrected chi connectivity index (χ3v) is 4.78. The molecule has 7 heteroatoms. The van der Waals surface area contributed by atoms with E-state index in [0.29, 0.717) is 17.0 Å². The Bertz CT molecular complexity index is 1190. The van der Waals surface area contributed by atoms with Gasteiger partial charge in [-0.15, -0.1) is 0 Å². The molecule has 0 aromatic heterocycles. The molecule has 1 aliphatic heterocycles. The van der Waals surface area contributed by atoms with Gasteiger partial charge < -0.3 is 9.47 Å². The van der Waals surface area contributed by atoms with Gasteiger partial charge in [-0.3, -0.25) is 15.0 Å². The fourth-order valence-corrected chi connectivity index (χ4v) is 3.35. The minimum atomic E-state index is -0.516. The van der Waals surface area contributed by atoms with E-state index in [9.17, 15) is 14.4 Å². The first-order valence-corrected chi connectivity index (χ1v) is 9.81. The normalized spacial score (nSPS) is 14.7. The molecule has 0 atom stereocenters. The fraction of sp³-hybridized carbons (Fsp3) is 0.125. The zero-order chi connectivity index (χ0) is 21.8. The summed E-state index contributed by atoms with van der Waals surface area (Å²) >= 11 is 0. The largest absolute Gasteiger partial charge is 0.481 e. The van der Waals surface area contributed by atoms with Gasteiger partial charge in [0.1, 0.15) is 11.3 Å². The molecule has 1 fully saturated rings. The number of carbonyl (C=O) groups excluding carboxylic acids is 3. The van der Waals surface area contributed by atoms with Crippen LogP contribution in [0.5, 0.6) is 5.75 Å². The minimum Gasteiger partial charge on any atom is -0.481 e. The predicted octanol–water partition coefficient (Wildman–Crippen LogP) is 3.24. The van der Waals surface area contributed by atoms with Crippen LogP contribution >= 0.6 is 0 Å². The number of hydrogen-bond donors (Lipinski definition) is 1. The summed E-state index contributed by atoms with van der Waals surface area (Å²) in [6, 6.07) is 19.9. The molecule has 0 saturated carbocycles. The summed E-state index contributed by atoms with van der Waals surface area (Å²) in [6.07, 6.45) is 1.50. The van der Waals surface area contributed by atoms with Crippen LogP contribution in [-0.4, -0.2) is 31.0 Å². The Morgan fingerprint density at radius 2 is 1.74 bits per heavy atom. The van der Waals surface area contributed by atoms with Crippen molar-refractivity contribution >= 4 is 40.3 Å². The second-order valence-corrected chi connectivity index (χ2v) is 6.77. The van der Waals surface area contributed by atoms with E-state index in [4.69, 9.17) is 9.47 Å². The van der Waals surface area contributed by atoms with E-state index >= 15 is 0 Å². The summed E-state index contributed by atoms with van der Waals surface area (Å²) in [4.78, 5) is 37.3. The van der Waals surface area contributed by atoms with Crippen LogP contribution in [-0.2, 0) is 19.1 Å². The zero-order valence-corrected chi connectivity index (χ0v) is 16.8. The van der Waals surface area contributed by atoms with Crippen molar-refractivity contribution in [2.45, 2.75) is 6.92 Å². The molecular weight excluding hydrogens is 396 g/mol. The highest BCUT2D eigenvalue weighted by Gasteiger charge is 2.34. The number of benzene rings is 3. The molecule has 0 spiro atoms. The van der Waals surface area contributed by atoms with E-state index < -0.39 is 17.8 Å². The van der Waals surface area contributed by atoms with Crippen molar-refractivity contribution in [1.82, 2.24) is 5.43 Å². The van der Waals surface area contributed by atoms with E-state index in [1.165, 1.54) is 11.1 Å². The quantitative estimate of drug-likeness (QED) is 0.379. The van der Waals surface area contributed by atoms with Gasteiger partial charge in [0.2, 0.25) is 0 Å². The van der Waals surface area contributed by atoms with Crippen LogP contribution < -0.4 is 15.2 Å². The lowest BCUT2D eigenvalue weighted by atomic mass is 10.0. The standard InChI is InChI=1S/C24H20N2O5/c1-2-30-22(27)15-31-21-13-12-16-8-6-7-11-18(16)19(21)14-20-23(28)25-26(24(20)29)17-9-4-3-5-10-17/h3-14H,2,15H2,1H3,(H,25,28)/b20-14-. The highest BCUT2D eigenvalue weighted by atomic mass is 16.6. The lowest BCUT2D eigenvalue weighted by molar-refractivity contribution is -0.145. The van der Waals surface area contributed by atoms with Crippen LogP contribution in [0.15, 0.2) is 72.3 Å². The lowest BCUT2D eigenvalue weighted by Crippen LogP contribution is -2.35. The van der Waals surface area contributed by atoms with Gasteiger partial charge in [0.05, 0.1) is 12.3 Å². The van der Waals surface area contributed by atoms with Gasteiger partial charge in [0, 0.05) is 5.56 Å². The Hall–Kier alpha value is -4.13. The molecule has 0 bridgehead atoms. The van der Waals surface area contributed by atoms with Crippen LogP contribution in [0.3, 0.4) is 0 Å². The number of hydrazine groups is 1. The van der Waals surface area contributed by atoms with Crippen LogP contribution in [0.4, 0.5) is 5.69 Å².